The summed E-state index contributed by atoms with van der Waals surface area (Å²) in [5, 5.41) is 0.319. The second kappa shape index (κ2) is 6.87. The SMILES string of the molecule is O=C(c1ccc(Cl)nc1)N1CCN(c2ccc(C(F)(F)F)c[nH+]2)CC1. The van der Waals surface area contributed by atoms with Gasteiger partial charge in [-0.3, -0.25) is 9.69 Å². The van der Waals surface area contributed by atoms with Crippen molar-refractivity contribution in [3.8, 4) is 0 Å². The zero-order valence-electron chi connectivity index (χ0n) is 13.1. The molecule has 0 saturated carbocycles. The number of hydrogen-bond donors (Lipinski definition) is 0. The molecule has 1 amide bonds. The van der Waals surface area contributed by atoms with Gasteiger partial charge in [-0.1, -0.05) is 11.6 Å². The summed E-state index contributed by atoms with van der Waals surface area (Å²) in [6.07, 6.45) is -1.99. The van der Waals surface area contributed by atoms with Gasteiger partial charge in [0, 0.05) is 12.3 Å². The summed E-state index contributed by atoms with van der Waals surface area (Å²) in [6, 6.07) is 5.63. The Kier molecular flexibility index (Phi) is 4.80. The van der Waals surface area contributed by atoms with Crippen LogP contribution in [0.25, 0.3) is 0 Å². The molecule has 132 valence electrons. The highest BCUT2D eigenvalue weighted by molar-refractivity contribution is 6.29. The van der Waals surface area contributed by atoms with Crippen LogP contribution in [0.4, 0.5) is 19.0 Å². The lowest BCUT2D eigenvalue weighted by molar-refractivity contribution is -0.367. The summed E-state index contributed by atoms with van der Waals surface area (Å²) < 4.78 is 37.8. The monoisotopic (exact) mass is 371 g/mol. The number of alkyl halides is 3. The lowest BCUT2D eigenvalue weighted by Gasteiger charge is -2.31. The third-order valence-corrected chi connectivity index (χ3v) is 4.23. The van der Waals surface area contributed by atoms with Gasteiger partial charge in [0.05, 0.1) is 24.2 Å². The highest BCUT2D eigenvalue weighted by Crippen LogP contribution is 2.28. The van der Waals surface area contributed by atoms with E-state index in [1.807, 2.05) is 4.90 Å². The van der Waals surface area contributed by atoms with Crippen molar-refractivity contribution in [2.24, 2.45) is 0 Å². The molecule has 25 heavy (non-hydrogen) atoms. The maximum Gasteiger partial charge on any atom is 0.419 e. The number of hydrogen-bond acceptors (Lipinski definition) is 3. The predicted molar refractivity (Wildman–Crippen MR) is 85.4 cm³/mol. The summed E-state index contributed by atoms with van der Waals surface area (Å²) in [7, 11) is 0. The van der Waals surface area contributed by atoms with Crippen LogP contribution in [-0.2, 0) is 6.18 Å². The first-order valence-electron chi connectivity index (χ1n) is 7.59. The van der Waals surface area contributed by atoms with Gasteiger partial charge in [-0.25, -0.2) is 9.97 Å². The highest BCUT2D eigenvalue weighted by atomic mass is 35.5. The Morgan fingerprint density at radius 1 is 1.12 bits per heavy atom. The molecule has 3 heterocycles. The molecule has 1 aliphatic heterocycles. The van der Waals surface area contributed by atoms with E-state index in [4.69, 9.17) is 11.6 Å². The van der Waals surface area contributed by atoms with Crippen molar-refractivity contribution in [1.29, 1.82) is 0 Å². The number of amides is 1. The van der Waals surface area contributed by atoms with Crippen molar-refractivity contribution in [1.82, 2.24) is 9.88 Å². The van der Waals surface area contributed by atoms with Gasteiger partial charge in [0.25, 0.3) is 11.7 Å². The number of aromatic nitrogens is 2. The molecule has 1 saturated heterocycles. The first kappa shape index (κ1) is 17.5. The van der Waals surface area contributed by atoms with Crippen molar-refractivity contribution < 1.29 is 22.9 Å². The predicted octanol–water partition coefficient (Wildman–Crippen LogP) is 2.53. The average molecular weight is 372 g/mol. The summed E-state index contributed by atoms with van der Waals surface area (Å²) in [6.45, 7) is 1.98. The number of anilines is 1. The van der Waals surface area contributed by atoms with Crippen LogP contribution >= 0.6 is 11.6 Å². The van der Waals surface area contributed by atoms with Gasteiger partial charge in [-0.05, 0) is 18.2 Å². The fourth-order valence-corrected chi connectivity index (χ4v) is 2.74. The second-order valence-corrected chi connectivity index (χ2v) is 6.00. The fraction of sp³-hybridized carbons (Fsp3) is 0.312. The Balaban J connectivity index is 1.61. The number of rotatable bonds is 2. The van der Waals surface area contributed by atoms with Crippen LogP contribution in [0.1, 0.15) is 15.9 Å². The van der Waals surface area contributed by atoms with Gasteiger partial charge in [0.15, 0.2) is 0 Å². The van der Waals surface area contributed by atoms with Crippen molar-refractivity contribution in [2.75, 3.05) is 31.1 Å². The average Bonchev–Trinajstić information content (AvgIpc) is 2.61. The smallest absolute Gasteiger partial charge is 0.331 e. The molecule has 1 N–H and O–H groups in total. The van der Waals surface area contributed by atoms with Gasteiger partial charge in [-0.15, -0.1) is 0 Å². The molecule has 2 aromatic rings. The Bertz CT molecular complexity index is 741. The Morgan fingerprint density at radius 2 is 1.84 bits per heavy atom. The molecule has 3 rings (SSSR count). The summed E-state index contributed by atoms with van der Waals surface area (Å²) in [4.78, 5) is 22.6. The summed E-state index contributed by atoms with van der Waals surface area (Å²) in [5.74, 6) is 0.452. The molecule has 0 atom stereocenters. The highest BCUT2D eigenvalue weighted by Gasteiger charge is 2.33. The second-order valence-electron chi connectivity index (χ2n) is 5.61. The van der Waals surface area contributed by atoms with E-state index in [2.05, 4.69) is 9.97 Å². The van der Waals surface area contributed by atoms with Crippen LogP contribution < -0.4 is 9.88 Å². The summed E-state index contributed by atoms with van der Waals surface area (Å²) >= 11 is 5.71. The first-order valence-corrected chi connectivity index (χ1v) is 7.97. The minimum absolute atomic E-state index is 0.139. The van der Waals surface area contributed by atoms with Crippen molar-refractivity contribution in [3.63, 3.8) is 0 Å². The van der Waals surface area contributed by atoms with E-state index >= 15 is 0 Å². The molecule has 9 heteroatoms. The van der Waals surface area contributed by atoms with Crippen LogP contribution in [0.15, 0.2) is 36.7 Å². The van der Waals surface area contributed by atoms with E-state index in [1.165, 1.54) is 12.3 Å². The molecule has 5 nitrogen and oxygen atoms in total. The number of halogens is 4. The molecule has 0 spiro atoms. The molecule has 0 radical (unpaired) electrons. The molecule has 1 aliphatic rings. The van der Waals surface area contributed by atoms with Gasteiger partial charge in [0.1, 0.15) is 24.4 Å². The molecular formula is C16H15ClF3N4O+. The zero-order chi connectivity index (χ0) is 18.0. The molecule has 2 aromatic heterocycles. The fourth-order valence-electron chi connectivity index (χ4n) is 2.62. The van der Waals surface area contributed by atoms with E-state index in [1.54, 1.807) is 17.0 Å². The number of carbonyl (C=O) groups is 1. The Labute approximate surface area is 147 Å². The third kappa shape index (κ3) is 4.01. The van der Waals surface area contributed by atoms with Crippen LogP contribution in [0.2, 0.25) is 5.15 Å². The normalized spacial score (nSPS) is 15.4. The molecule has 1 fully saturated rings. The minimum Gasteiger partial charge on any atom is -0.331 e. The van der Waals surface area contributed by atoms with Crippen LogP contribution in [-0.4, -0.2) is 42.0 Å². The standard InChI is InChI=1S/C16H14ClF3N4O/c17-13-3-1-11(9-21-13)15(25)24-7-5-23(6-8-24)14-4-2-12(10-22-14)16(18,19)20/h1-4,9-10H,5-8H2/p+1. The third-order valence-electron chi connectivity index (χ3n) is 4.01. The van der Waals surface area contributed by atoms with E-state index in [0.29, 0.717) is 42.7 Å². The van der Waals surface area contributed by atoms with Crippen molar-refractivity contribution >= 4 is 23.3 Å². The maximum absolute atomic E-state index is 12.6. The van der Waals surface area contributed by atoms with Crippen LogP contribution in [0.3, 0.4) is 0 Å². The van der Waals surface area contributed by atoms with Crippen molar-refractivity contribution in [3.05, 3.63) is 52.9 Å². The Hall–Kier alpha value is -2.35. The van der Waals surface area contributed by atoms with Gasteiger partial charge in [-0.2, -0.15) is 13.2 Å². The molecular weight excluding hydrogens is 357 g/mol. The maximum atomic E-state index is 12.6. The van der Waals surface area contributed by atoms with E-state index in [9.17, 15) is 18.0 Å². The summed E-state index contributed by atoms with van der Waals surface area (Å²) in [5.41, 5.74) is -0.265. The number of nitrogens with zero attached hydrogens (tertiary/aromatic N) is 3. The zero-order valence-corrected chi connectivity index (χ0v) is 13.8. The number of nitrogens with one attached hydrogen (secondary N) is 1. The minimum atomic E-state index is -4.37. The molecule has 0 aliphatic carbocycles. The first-order chi connectivity index (χ1) is 11.8. The number of pyridine rings is 2. The van der Waals surface area contributed by atoms with Gasteiger partial charge < -0.3 is 4.90 Å². The molecule has 0 unspecified atom stereocenters. The topological polar surface area (TPSA) is 50.6 Å². The van der Waals surface area contributed by atoms with Crippen LogP contribution in [0.5, 0.6) is 0 Å². The molecule has 0 bridgehead atoms. The Morgan fingerprint density at radius 3 is 2.36 bits per heavy atom. The van der Waals surface area contributed by atoms with E-state index < -0.39 is 11.7 Å². The van der Waals surface area contributed by atoms with E-state index in [0.717, 1.165) is 12.3 Å². The lowest BCUT2D eigenvalue weighted by atomic mass is 10.2. The quantitative estimate of drug-likeness (QED) is 0.762. The number of carbonyl (C=O) groups excluding carboxylic acids is 1. The van der Waals surface area contributed by atoms with Crippen LogP contribution in [0, 0.1) is 0 Å². The number of aromatic amines is 1. The van der Waals surface area contributed by atoms with E-state index in [-0.39, 0.29) is 5.91 Å². The van der Waals surface area contributed by atoms with Gasteiger partial charge >= 0.3 is 6.18 Å². The molecule has 0 aromatic carbocycles. The number of H-pyrrole nitrogens is 1. The van der Waals surface area contributed by atoms with Gasteiger partial charge in [0.2, 0.25) is 0 Å². The largest absolute Gasteiger partial charge is 0.419 e. The van der Waals surface area contributed by atoms with Crippen molar-refractivity contribution in [2.45, 2.75) is 6.18 Å². The lowest BCUT2D eigenvalue weighted by Crippen LogP contribution is -2.50. The number of piperazine rings is 1.